The third-order valence-electron chi connectivity index (χ3n) is 4.30. The van der Waals surface area contributed by atoms with E-state index in [1.807, 2.05) is 55.5 Å². The van der Waals surface area contributed by atoms with E-state index in [1.165, 1.54) is 0 Å². The highest BCUT2D eigenvalue weighted by Crippen LogP contribution is 2.33. The van der Waals surface area contributed by atoms with Crippen LogP contribution < -0.4 is 9.47 Å². The normalized spacial score (nSPS) is 11.0. The molecule has 0 unspecified atom stereocenters. The lowest BCUT2D eigenvalue weighted by atomic mass is 10.2. The van der Waals surface area contributed by atoms with E-state index in [1.54, 1.807) is 12.1 Å². The van der Waals surface area contributed by atoms with Crippen molar-refractivity contribution >= 4 is 34.2 Å². The van der Waals surface area contributed by atoms with Gasteiger partial charge in [0, 0.05) is 21.2 Å². The van der Waals surface area contributed by atoms with Gasteiger partial charge in [0.15, 0.2) is 11.5 Å². The van der Waals surface area contributed by atoms with Crippen molar-refractivity contribution in [2.75, 3.05) is 6.61 Å². The second-order valence-corrected chi connectivity index (χ2v) is 7.07. The summed E-state index contributed by atoms with van der Waals surface area (Å²) >= 11 is 12.2. The van der Waals surface area contributed by atoms with Crippen molar-refractivity contribution in [3.8, 4) is 22.9 Å². The summed E-state index contributed by atoms with van der Waals surface area (Å²) in [6.45, 7) is 2.79. The molecule has 6 heteroatoms. The van der Waals surface area contributed by atoms with Crippen LogP contribution in [0.5, 0.6) is 11.5 Å². The van der Waals surface area contributed by atoms with Gasteiger partial charge < -0.3 is 14.5 Å². The molecular formula is C22H18Cl2N2O2. The largest absolute Gasteiger partial charge is 0.490 e. The first kappa shape index (κ1) is 18.7. The Labute approximate surface area is 173 Å². The van der Waals surface area contributed by atoms with Crippen LogP contribution in [0.1, 0.15) is 12.5 Å². The number of nitrogens with zero attached hydrogens (tertiary/aromatic N) is 1. The molecular weight excluding hydrogens is 395 g/mol. The molecule has 0 bridgehead atoms. The zero-order chi connectivity index (χ0) is 19.5. The van der Waals surface area contributed by atoms with E-state index in [2.05, 4.69) is 9.97 Å². The molecule has 0 aliphatic carbocycles. The number of aromatic amines is 1. The van der Waals surface area contributed by atoms with Gasteiger partial charge in [-0.3, -0.25) is 0 Å². The van der Waals surface area contributed by atoms with Gasteiger partial charge in [0.2, 0.25) is 0 Å². The van der Waals surface area contributed by atoms with Gasteiger partial charge in [-0.25, -0.2) is 4.98 Å². The SMILES string of the molecule is CCOc1cc(-c2nc3ccccc3[nH]2)ccc1OCc1ccc(Cl)cc1Cl. The molecule has 0 saturated carbocycles. The summed E-state index contributed by atoms with van der Waals surface area (Å²) in [6, 6.07) is 19.1. The highest BCUT2D eigenvalue weighted by Gasteiger charge is 2.12. The highest BCUT2D eigenvalue weighted by molar-refractivity contribution is 6.35. The van der Waals surface area contributed by atoms with E-state index in [4.69, 9.17) is 32.7 Å². The van der Waals surface area contributed by atoms with E-state index < -0.39 is 0 Å². The van der Waals surface area contributed by atoms with Crippen molar-refractivity contribution in [3.05, 3.63) is 76.3 Å². The van der Waals surface area contributed by atoms with Crippen molar-refractivity contribution in [2.45, 2.75) is 13.5 Å². The van der Waals surface area contributed by atoms with Crippen LogP contribution in [-0.2, 0) is 6.61 Å². The first-order valence-electron chi connectivity index (χ1n) is 8.92. The fraction of sp³-hybridized carbons (Fsp3) is 0.136. The standard InChI is InChI=1S/C22H18Cl2N2O2/c1-2-27-21-11-14(22-25-18-5-3-4-6-19(18)26-22)8-10-20(21)28-13-15-7-9-16(23)12-17(15)24/h3-12H,2,13H2,1H3,(H,25,26). The first-order valence-corrected chi connectivity index (χ1v) is 9.68. The molecule has 0 fully saturated rings. The number of hydrogen-bond donors (Lipinski definition) is 1. The maximum Gasteiger partial charge on any atom is 0.161 e. The predicted octanol–water partition coefficient (Wildman–Crippen LogP) is 6.51. The summed E-state index contributed by atoms with van der Waals surface area (Å²) in [4.78, 5) is 7.98. The Morgan fingerprint density at radius 2 is 1.79 bits per heavy atom. The van der Waals surface area contributed by atoms with Gasteiger partial charge in [-0.2, -0.15) is 0 Å². The number of H-pyrrole nitrogens is 1. The van der Waals surface area contributed by atoms with Crippen LogP contribution in [0, 0.1) is 0 Å². The lowest BCUT2D eigenvalue weighted by Crippen LogP contribution is -2.00. The van der Waals surface area contributed by atoms with Gasteiger partial charge in [0.1, 0.15) is 12.4 Å². The smallest absolute Gasteiger partial charge is 0.161 e. The predicted molar refractivity (Wildman–Crippen MR) is 113 cm³/mol. The Hall–Kier alpha value is -2.69. The lowest BCUT2D eigenvalue weighted by Gasteiger charge is -2.13. The first-order chi connectivity index (χ1) is 13.6. The van der Waals surface area contributed by atoms with Crippen molar-refractivity contribution in [1.29, 1.82) is 0 Å². The number of benzene rings is 3. The third-order valence-corrected chi connectivity index (χ3v) is 4.89. The average Bonchev–Trinajstić information content (AvgIpc) is 3.12. The second-order valence-electron chi connectivity index (χ2n) is 6.22. The Bertz CT molecular complexity index is 1090. The van der Waals surface area contributed by atoms with Crippen molar-refractivity contribution < 1.29 is 9.47 Å². The number of aromatic nitrogens is 2. The number of para-hydroxylation sites is 2. The maximum absolute atomic E-state index is 6.23. The number of rotatable bonds is 6. The van der Waals surface area contributed by atoms with Crippen molar-refractivity contribution in [2.24, 2.45) is 0 Å². The van der Waals surface area contributed by atoms with Crippen LogP contribution in [0.3, 0.4) is 0 Å². The third kappa shape index (κ3) is 3.93. The van der Waals surface area contributed by atoms with E-state index in [9.17, 15) is 0 Å². The number of nitrogens with one attached hydrogen (secondary N) is 1. The molecule has 0 aliphatic rings. The molecule has 4 rings (SSSR count). The molecule has 1 aromatic heterocycles. The van der Waals surface area contributed by atoms with E-state index in [0.717, 1.165) is 28.0 Å². The van der Waals surface area contributed by atoms with Crippen LogP contribution in [0.15, 0.2) is 60.7 Å². The monoisotopic (exact) mass is 412 g/mol. The number of imidazole rings is 1. The molecule has 0 aliphatic heterocycles. The van der Waals surface area contributed by atoms with E-state index in [-0.39, 0.29) is 0 Å². The van der Waals surface area contributed by atoms with Crippen LogP contribution in [0.2, 0.25) is 10.0 Å². The van der Waals surface area contributed by atoms with Gasteiger partial charge in [0.25, 0.3) is 0 Å². The number of ether oxygens (including phenoxy) is 2. The van der Waals surface area contributed by atoms with E-state index in [0.29, 0.717) is 34.8 Å². The zero-order valence-electron chi connectivity index (χ0n) is 15.2. The summed E-state index contributed by atoms with van der Waals surface area (Å²) in [7, 11) is 0. The van der Waals surface area contributed by atoms with Gasteiger partial charge in [-0.05, 0) is 49.4 Å². The van der Waals surface area contributed by atoms with Crippen molar-refractivity contribution in [3.63, 3.8) is 0 Å². The molecule has 0 saturated heterocycles. The summed E-state index contributed by atoms with van der Waals surface area (Å²) in [5.74, 6) is 2.09. The van der Waals surface area contributed by atoms with Crippen molar-refractivity contribution in [1.82, 2.24) is 9.97 Å². The molecule has 0 amide bonds. The maximum atomic E-state index is 6.23. The Morgan fingerprint density at radius 3 is 2.57 bits per heavy atom. The topological polar surface area (TPSA) is 47.1 Å². The van der Waals surface area contributed by atoms with Crippen LogP contribution in [0.25, 0.3) is 22.4 Å². The summed E-state index contributed by atoms with van der Waals surface area (Å²) in [6.07, 6.45) is 0. The van der Waals surface area contributed by atoms with Crippen LogP contribution in [-0.4, -0.2) is 16.6 Å². The Kier molecular flexibility index (Phi) is 5.42. The second kappa shape index (κ2) is 8.13. The quantitative estimate of drug-likeness (QED) is 0.392. The van der Waals surface area contributed by atoms with Gasteiger partial charge in [-0.15, -0.1) is 0 Å². The van der Waals surface area contributed by atoms with Crippen LogP contribution >= 0.6 is 23.2 Å². The molecule has 0 spiro atoms. The zero-order valence-corrected chi connectivity index (χ0v) is 16.7. The number of hydrogen-bond acceptors (Lipinski definition) is 3. The molecule has 3 aromatic carbocycles. The Morgan fingerprint density at radius 1 is 0.929 bits per heavy atom. The molecule has 28 heavy (non-hydrogen) atoms. The average molecular weight is 413 g/mol. The molecule has 1 N–H and O–H groups in total. The number of halogens is 2. The summed E-state index contributed by atoms with van der Waals surface area (Å²) in [5.41, 5.74) is 3.70. The molecule has 4 aromatic rings. The Balaban J connectivity index is 1.61. The lowest BCUT2D eigenvalue weighted by molar-refractivity contribution is 0.269. The van der Waals surface area contributed by atoms with Gasteiger partial charge >= 0.3 is 0 Å². The minimum Gasteiger partial charge on any atom is -0.490 e. The van der Waals surface area contributed by atoms with Gasteiger partial charge in [0.05, 0.1) is 17.6 Å². The van der Waals surface area contributed by atoms with Crippen LogP contribution in [0.4, 0.5) is 0 Å². The molecule has 4 nitrogen and oxygen atoms in total. The molecule has 0 radical (unpaired) electrons. The minimum absolute atomic E-state index is 0.320. The van der Waals surface area contributed by atoms with E-state index >= 15 is 0 Å². The fourth-order valence-corrected chi connectivity index (χ4v) is 3.39. The molecule has 0 atom stereocenters. The molecule has 1 heterocycles. The fourth-order valence-electron chi connectivity index (χ4n) is 2.93. The summed E-state index contributed by atoms with van der Waals surface area (Å²) in [5, 5.41) is 1.17. The number of fused-ring (bicyclic) bond motifs is 1. The minimum atomic E-state index is 0.320. The highest BCUT2D eigenvalue weighted by atomic mass is 35.5. The molecule has 142 valence electrons. The summed E-state index contributed by atoms with van der Waals surface area (Å²) < 4.78 is 11.8. The van der Waals surface area contributed by atoms with Gasteiger partial charge in [-0.1, -0.05) is 41.4 Å².